The summed E-state index contributed by atoms with van der Waals surface area (Å²) >= 11 is 0. The van der Waals surface area contributed by atoms with Crippen LogP contribution in [0.2, 0.25) is 0 Å². The van der Waals surface area contributed by atoms with Gasteiger partial charge in [-0.25, -0.2) is 0 Å². The first-order valence-corrected chi connectivity index (χ1v) is 26.0. The Morgan fingerprint density at radius 3 is 0.436 bits per heavy atom. The second kappa shape index (κ2) is 55.5. The smallest absolute Gasteiger partial charge is 0.300 e. The number of hydrogen-bond donors (Lipinski definition) is 2. The summed E-state index contributed by atoms with van der Waals surface area (Å²) in [6.07, 6.45) is 70.0. The normalized spacial score (nSPS) is 11.3. The first-order valence-electron chi connectivity index (χ1n) is 26.0. The van der Waals surface area contributed by atoms with Crippen molar-refractivity contribution in [3.05, 3.63) is 0 Å². The van der Waals surface area contributed by atoms with E-state index < -0.39 is 5.97 Å². The molecule has 55 heavy (non-hydrogen) atoms. The molecule has 0 aromatic heterocycles. The summed E-state index contributed by atoms with van der Waals surface area (Å²) in [6, 6.07) is 0. The van der Waals surface area contributed by atoms with Crippen LogP contribution in [0.4, 0.5) is 0 Å². The van der Waals surface area contributed by atoms with E-state index in [9.17, 15) is 0 Å². The van der Waals surface area contributed by atoms with Crippen LogP contribution < -0.4 is 0 Å². The number of rotatable bonds is 48. The lowest BCUT2D eigenvalue weighted by atomic mass is 10.0. The molecule has 0 spiro atoms. The Hall–Kier alpha value is -0.570. The van der Waals surface area contributed by atoms with E-state index >= 15 is 0 Å². The molecule has 3 heteroatoms. The van der Waals surface area contributed by atoms with Crippen LogP contribution in [0.3, 0.4) is 0 Å². The minimum Gasteiger partial charge on any atom is -0.481 e. The van der Waals surface area contributed by atoms with E-state index in [0.29, 0.717) is 6.61 Å². The highest BCUT2D eigenvalue weighted by Crippen LogP contribution is 2.18. The fourth-order valence-electron chi connectivity index (χ4n) is 8.32. The summed E-state index contributed by atoms with van der Waals surface area (Å²) in [7, 11) is 0. The fraction of sp³-hybridized carbons (Fsp3) is 0.981. The van der Waals surface area contributed by atoms with Gasteiger partial charge in [-0.3, -0.25) is 4.79 Å². The summed E-state index contributed by atoms with van der Waals surface area (Å²) in [5, 5.41) is 16.2. The lowest BCUT2D eigenvalue weighted by Gasteiger charge is -2.05. The van der Waals surface area contributed by atoms with E-state index in [1.807, 2.05) is 0 Å². The zero-order valence-electron chi connectivity index (χ0n) is 38.5. The maximum atomic E-state index is 9.00. The molecule has 0 heterocycles. The van der Waals surface area contributed by atoms with Gasteiger partial charge >= 0.3 is 0 Å². The molecule has 0 radical (unpaired) electrons. The van der Waals surface area contributed by atoms with Gasteiger partial charge in [-0.15, -0.1) is 0 Å². The van der Waals surface area contributed by atoms with Crippen LogP contribution in [0.25, 0.3) is 0 Å². The molecule has 0 unspecified atom stereocenters. The lowest BCUT2D eigenvalue weighted by molar-refractivity contribution is -0.134. The molecule has 0 aliphatic heterocycles. The number of aliphatic carboxylic acids is 1. The molecular weight excluding hydrogens is 673 g/mol. The molecule has 0 aromatic rings. The number of carboxylic acids is 1. The largest absolute Gasteiger partial charge is 0.481 e. The minimum atomic E-state index is -0.833. The maximum Gasteiger partial charge on any atom is 0.300 e. The summed E-state index contributed by atoms with van der Waals surface area (Å²) in [4.78, 5) is 9.00. The van der Waals surface area contributed by atoms with Crippen molar-refractivity contribution >= 4 is 5.97 Å². The monoisotopic (exact) mass is 779 g/mol. The van der Waals surface area contributed by atoms with Gasteiger partial charge in [0.05, 0.1) is 0 Å². The molecule has 0 aromatic carbocycles. The molecule has 0 amide bonds. The van der Waals surface area contributed by atoms with Crippen LogP contribution in [-0.2, 0) is 4.79 Å². The molecule has 3 nitrogen and oxygen atoms in total. The van der Waals surface area contributed by atoms with Gasteiger partial charge in [0.1, 0.15) is 0 Å². The van der Waals surface area contributed by atoms with Crippen molar-refractivity contribution in [2.24, 2.45) is 0 Å². The molecule has 0 aliphatic carbocycles. The lowest BCUT2D eigenvalue weighted by Crippen LogP contribution is -1.85. The van der Waals surface area contributed by atoms with E-state index in [1.54, 1.807) is 0 Å². The van der Waals surface area contributed by atoms with Crippen molar-refractivity contribution in [3.63, 3.8) is 0 Å². The van der Waals surface area contributed by atoms with Gasteiger partial charge in [0, 0.05) is 13.5 Å². The van der Waals surface area contributed by atoms with Crippen LogP contribution in [0.15, 0.2) is 0 Å². The number of aliphatic hydroxyl groups excluding tert-OH is 1. The second-order valence-electron chi connectivity index (χ2n) is 17.9. The third kappa shape index (κ3) is 62.8. The first-order chi connectivity index (χ1) is 27.1. The molecule has 0 atom stereocenters. The second-order valence-corrected chi connectivity index (χ2v) is 17.9. The summed E-state index contributed by atoms with van der Waals surface area (Å²) in [5.41, 5.74) is 0. The van der Waals surface area contributed by atoms with Gasteiger partial charge in [0.15, 0.2) is 0 Å². The van der Waals surface area contributed by atoms with E-state index in [2.05, 4.69) is 6.92 Å². The highest BCUT2D eigenvalue weighted by atomic mass is 16.4. The summed E-state index contributed by atoms with van der Waals surface area (Å²) < 4.78 is 0. The predicted molar refractivity (Wildman–Crippen MR) is 248 cm³/mol. The van der Waals surface area contributed by atoms with Gasteiger partial charge in [-0.05, 0) is 6.42 Å². The summed E-state index contributed by atoms with van der Waals surface area (Å²) in [5.74, 6) is -0.833. The van der Waals surface area contributed by atoms with Crippen LogP contribution in [0.1, 0.15) is 322 Å². The third-order valence-corrected chi connectivity index (χ3v) is 12.0. The van der Waals surface area contributed by atoms with Gasteiger partial charge in [-0.1, -0.05) is 309 Å². The molecule has 332 valence electrons. The van der Waals surface area contributed by atoms with Crippen molar-refractivity contribution in [2.75, 3.05) is 6.61 Å². The Kier molecular flexibility index (Phi) is 57.1. The Labute approximate surface area is 348 Å². The van der Waals surface area contributed by atoms with Crippen molar-refractivity contribution in [1.29, 1.82) is 0 Å². The van der Waals surface area contributed by atoms with Crippen molar-refractivity contribution in [1.82, 2.24) is 0 Å². The van der Waals surface area contributed by atoms with Gasteiger partial charge in [0.2, 0.25) is 0 Å². The SMILES string of the molecule is CC(=O)O.CCCCCCCCCCCCCCCCCCCCCCCCCCCCCCCCCCCCCCCCCCCCCCCCCCO. The van der Waals surface area contributed by atoms with E-state index in [0.717, 1.165) is 13.3 Å². The minimum absolute atomic E-state index is 0.375. The van der Waals surface area contributed by atoms with Crippen LogP contribution >= 0.6 is 0 Å². The van der Waals surface area contributed by atoms with Crippen LogP contribution in [-0.4, -0.2) is 22.8 Å². The zero-order chi connectivity index (χ0) is 40.2. The number of unbranched alkanes of at least 4 members (excludes halogenated alkanes) is 47. The Bertz CT molecular complexity index is 597. The molecular formula is C52H106O3. The highest BCUT2D eigenvalue weighted by Gasteiger charge is 1.99. The van der Waals surface area contributed by atoms with Crippen LogP contribution in [0, 0.1) is 0 Å². The summed E-state index contributed by atoms with van der Waals surface area (Å²) in [6.45, 7) is 3.77. The highest BCUT2D eigenvalue weighted by molar-refractivity contribution is 5.62. The molecule has 2 N–H and O–H groups in total. The van der Waals surface area contributed by atoms with Crippen molar-refractivity contribution in [2.45, 2.75) is 322 Å². The molecule has 0 fully saturated rings. The standard InChI is InChI=1S/C50H102O.C2H4O2/c1-2-3-4-5-6-7-8-9-10-11-12-13-14-15-16-17-18-19-20-21-22-23-24-25-26-27-28-29-30-31-32-33-34-35-36-37-38-39-40-41-42-43-44-45-46-47-48-49-50-51;1-2(3)4/h51H,2-50H2,1H3;1H3,(H,3,4). The average Bonchev–Trinajstić information content (AvgIpc) is 3.17. The molecule has 0 saturated heterocycles. The van der Waals surface area contributed by atoms with Gasteiger partial charge in [0.25, 0.3) is 5.97 Å². The zero-order valence-corrected chi connectivity index (χ0v) is 38.5. The van der Waals surface area contributed by atoms with E-state index in [1.165, 1.54) is 302 Å². The average molecular weight is 779 g/mol. The quantitative estimate of drug-likeness (QED) is 0.0605. The Morgan fingerprint density at radius 2 is 0.345 bits per heavy atom. The van der Waals surface area contributed by atoms with E-state index in [-0.39, 0.29) is 0 Å². The first kappa shape index (κ1) is 56.5. The fourth-order valence-corrected chi connectivity index (χ4v) is 8.32. The number of carbonyl (C=O) groups is 1. The van der Waals surface area contributed by atoms with Crippen molar-refractivity contribution < 1.29 is 15.0 Å². The molecule has 0 aliphatic rings. The molecule has 0 bridgehead atoms. The maximum absolute atomic E-state index is 9.00. The van der Waals surface area contributed by atoms with E-state index in [4.69, 9.17) is 15.0 Å². The van der Waals surface area contributed by atoms with Gasteiger partial charge in [-0.2, -0.15) is 0 Å². The molecule has 0 saturated carbocycles. The Morgan fingerprint density at radius 1 is 0.255 bits per heavy atom. The number of aliphatic hydroxyl groups is 1. The van der Waals surface area contributed by atoms with Gasteiger partial charge < -0.3 is 10.2 Å². The predicted octanol–water partition coefficient (Wildman–Crippen LogP) is 18.8. The number of carboxylic acid groups (broad SMARTS) is 1. The van der Waals surface area contributed by atoms with Crippen LogP contribution in [0.5, 0.6) is 0 Å². The third-order valence-electron chi connectivity index (χ3n) is 12.0. The molecule has 0 rings (SSSR count). The number of hydrogen-bond acceptors (Lipinski definition) is 2. The van der Waals surface area contributed by atoms with Crippen molar-refractivity contribution in [3.8, 4) is 0 Å². The topological polar surface area (TPSA) is 57.5 Å². The Balaban J connectivity index is 0.